The molecule has 28 heavy (non-hydrogen) atoms. The van der Waals surface area contributed by atoms with Crippen molar-refractivity contribution in [1.29, 1.82) is 0 Å². The number of rotatable bonds is 6. The number of aromatic nitrogens is 1. The van der Waals surface area contributed by atoms with Gasteiger partial charge in [0.1, 0.15) is 0 Å². The number of benzene rings is 2. The first-order chi connectivity index (χ1) is 13.5. The first-order valence-electron chi connectivity index (χ1n) is 9.03. The lowest BCUT2D eigenvalue weighted by Crippen LogP contribution is -2.17. The molecule has 0 aliphatic heterocycles. The zero-order valence-electron chi connectivity index (χ0n) is 16.0. The van der Waals surface area contributed by atoms with Crippen LogP contribution in [0.15, 0.2) is 60.1 Å². The van der Waals surface area contributed by atoms with Crippen LogP contribution in [0.2, 0.25) is 0 Å². The minimum atomic E-state index is -0.393. The largest absolute Gasteiger partial charge is 0.465 e. The summed E-state index contributed by atoms with van der Waals surface area (Å²) in [5, 5.41) is 0. The molecule has 0 bridgehead atoms. The number of thiazole rings is 1. The number of amides is 1. The van der Waals surface area contributed by atoms with Crippen molar-refractivity contribution >= 4 is 33.4 Å². The Balaban J connectivity index is 1.96. The second-order valence-corrected chi connectivity index (χ2v) is 7.32. The molecule has 6 heteroatoms. The highest BCUT2D eigenvalue weighted by molar-refractivity contribution is 7.16. The van der Waals surface area contributed by atoms with Crippen molar-refractivity contribution in [2.45, 2.75) is 26.3 Å². The Bertz CT molecular complexity index is 1090. The van der Waals surface area contributed by atoms with Gasteiger partial charge in [0.25, 0.3) is 5.91 Å². The fourth-order valence-corrected chi connectivity index (χ4v) is 4.02. The van der Waals surface area contributed by atoms with Crippen LogP contribution < -0.4 is 4.80 Å². The molecule has 144 valence electrons. The Morgan fingerprint density at radius 2 is 1.89 bits per heavy atom. The van der Waals surface area contributed by atoms with E-state index in [4.69, 9.17) is 4.74 Å². The number of ether oxygens (including phenoxy) is 1. The second-order valence-electron chi connectivity index (χ2n) is 6.31. The van der Waals surface area contributed by atoms with Gasteiger partial charge in [0, 0.05) is 6.54 Å². The number of methoxy groups -OCH3 is 1. The molecule has 0 unspecified atom stereocenters. The van der Waals surface area contributed by atoms with Crippen LogP contribution in [0.4, 0.5) is 0 Å². The number of carbonyl (C=O) groups excluding carboxylic acids is 2. The molecule has 0 saturated heterocycles. The van der Waals surface area contributed by atoms with Crippen molar-refractivity contribution in [3.63, 3.8) is 0 Å². The monoisotopic (exact) mass is 394 g/mol. The summed E-state index contributed by atoms with van der Waals surface area (Å²) < 4.78 is 7.57. The molecule has 3 rings (SSSR count). The van der Waals surface area contributed by atoms with Gasteiger partial charge < -0.3 is 9.30 Å². The lowest BCUT2D eigenvalue weighted by Gasteiger charge is -2.03. The van der Waals surface area contributed by atoms with Gasteiger partial charge in [-0.25, -0.2) is 4.79 Å². The number of hydrogen-bond donors (Lipinski definition) is 0. The molecular weight excluding hydrogens is 372 g/mol. The summed E-state index contributed by atoms with van der Waals surface area (Å²) in [5.41, 5.74) is 3.55. The van der Waals surface area contributed by atoms with Crippen LogP contribution in [0.3, 0.4) is 0 Å². The van der Waals surface area contributed by atoms with E-state index in [2.05, 4.69) is 18.5 Å². The topological polar surface area (TPSA) is 60.7 Å². The maximum Gasteiger partial charge on any atom is 0.337 e. The maximum absolute atomic E-state index is 12.5. The number of esters is 1. The molecule has 1 heterocycles. The second kappa shape index (κ2) is 8.80. The van der Waals surface area contributed by atoms with Crippen LogP contribution in [0.25, 0.3) is 10.2 Å². The fourth-order valence-electron chi connectivity index (χ4n) is 2.92. The molecule has 2 aromatic carbocycles. The number of fused-ring (bicyclic) bond motifs is 1. The summed E-state index contributed by atoms with van der Waals surface area (Å²) in [4.78, 5) is 29.2. The summed E-state index contributed by atoms with van der Waals surface area (Å²) in [5.74, 6) is -0.600. The highest BCUT2D eigenvalue weighted by Gasteiger charge is 2.11. The third-order valence-electron chi connectivity index (χ3n) is 4.42. The predicted octanol–water partition coefficient (Wildman–Crippen LogP) is 3.91. The van der Waals surface area contributed by atoms with Crippen molar-refractivity contribution in [2.24, 2.45) is 4.99 Å². The Morgan fingerprint density at radius 1 is 1.18 bits per heavy atom. The van der Waals surface area contributed by atoms with E-state index in [9.17, 15) is 9.59 Å². The Morgan fingerprint density at radius 3 is 2.54 bits per heavy atom. The minimum Gasteiger partial charge on any atom is -0.465 e. The number of aryl methyl sites for hydroxylation is 1. The van der Waals surface area contributed by atoms with E-state index < -0.39 is 5.97 Å². The van der Waals surface area contributed by atoms with Crippen molar-refractivity contribution < 1.29 is 14.3 Å². The molecule has 0 atom stereocenters. The molecule has 3 aromatic rings. The van der Waals surface area contributed by atoms with Gasteiger partial charge in [0.15, 0.2) is 4.80 Å². The average molecular weight is 394 g/mol. The van der Waals surface area contributed by atoms with Crippen molar-refractivity contribution in [1.82, 2.24) is 4.57 Å². The molecule has 0 spiro atoms. The number of hydrogen-bond acceptors (Lipinski definition) is 4. The first kappa shape index (κ1) is 19.8. The van der Waals surface area contributed by atoms with E-state index in [1.54, 1.807) is 18.2 Å². The van der Waals surface area contributed by atoms with Crippen LogP contribution >= 0.6 is 11.3 Å². The van der Waals surface area contributed by atoms with Gasteiger partial charge in [0.05, 0.1) is 29.3 Å². The van der Waals surface area contributed by atoms with Crippen LogP contribution in [-0.2, 0) is 28.9 Å². The van der Waals surface area contributed by atoms with Crippen LogP contribution in [0.5, 0.6) is 0 Å². The lowest BCUT2D eigenvalue weighted by atomic mass is 10.1. The lowest BCUT2D eigenvalue weighted by molar-refractivity contribution is -0.117. The average Bonchev–Trinajstić information content (AvgIpc) is 3.04. The van der Waals surface area contributed by atoms with E-state index in [-0.39, 0.29) is 12.3 Å². The quantitative estimate of drug-likeness (QED) is 0.470. The standard InChI is InChI=1S/C22H22N2O3S/c1-4-12-24-18-11-10-17(21(26)27-3)14-19(18)28-22(24)23-20(25)13-16-8-6-15(5-2)7-9-16/h4,6-11,14H,1,5,12-13H2,2-3H3. The van der Waals surface area contributed by atoms with Crippen LogP contribution in [-0.4, -0.2) is 23.6 Å². The summed E-state index contributed by atoms with van der Waals surface area (Å²) in [6.45, 7) is 6.41. The van der Waals surface area contributed by atoms with E-state index in [1.807, 2.05) is 34.9 Å². The first-order valence-corrected chi connectivity index (χ1v) is 9.85. The number of allylic oxidation sites excluding steroid dienone is 1. The molecule has 0 aliphatic carbocycles. The maximum atomic E-state index is 12.5. The summed E-state index contributed by atoms with van der Waals surface area (Å²) >= 11 is 1.37. The van der Waals surface area contributed by atoms with Gasteiger partial charge in [-0.15, -0.1) is 6.58 Å². The Labute approximate surface area is 167 Å². The zero-order valence-corrected chi connectivity index (χ0v) is 16.8. The van der Waals surface area contributed by atoms with E-state index in [0.29, 0.717) is 16.9 Å². The van der Waals surface area contributed by atoms with Gasteiger partial charge in [-0.05, 0) is 35.7 Å². The van der Waals surface area contributed by atoms with Crippen molar-refractivity contribution in [2.75, 3.05) is 7.11 Å². The number of nitrogens with zero attached hydrogens (tertiary/aromatic N) is 2. The predicted molar refractivity (Wildman–Crippen MR) is 111 cm³/mol. The fraction of sp³-hybridized carbons (Fsp3) is 0.227. The van der Waals surface area contributed by atoms with Gasteiger partial charge in [0.2, 0.25) is 0 Å². The SMILES string of the molecule is C=CCn1c(=NC(=O)Cc2ccc(CC)cc2)sc2cc(C(=O)OC)ccc21. The van der Waals surface area contributed by atoms with E-state index in [0.717, 1.165) is 22.2 Å². The number of carbonyl (C=O) groups is 2. The summed E-state index contributed by atoms with van der Waals surface area (Å²) in [7, 11) is 1.35. The van der Waals surface area contributed by atoms with Gasteiger partial charge >= 0.3 is 5.97 Å². The summed E-state index contributed by atoms with van der Waals surface area (Å²) in [6.07, 6.45) is 2.97. The van der Waals surface area contributed by atoms with Crippen molar-refractivity contribution in [3.05, 3.63) is 76.6 Å². The van der Waals surface area contributed by atoms with E-state index in [1.165, 1.54) is 24.0 Å². The third kappa shape index (κ3) is 4.28. The molecule has 5 nitrogen and oxygen atoms in total. The molecule has 0 saturated carbocycles. The normalized spacial score (nSPS) is 11.6. The highest BCUT2D eigenvalue weighted by atomic mass is 32.1. The third-order valence-corrected chi connectivity index (χ3v) is 5.46. The minimum absolute atomic E-state index is 0.207. The Kier molecular flexibility index (Phi) is 6.21. The molecule has 0 radical (unpaired) electrons. The van der Waals surface area contributed by atoms with E-state index >= 15 is 0 Å². The van der Waals surface area contributed by atoms with Gasteiger partial charge in [-0.2, -0.15) is 4.99 Å². The van der Waals surface area contributed by atoms with Crippen molar-refractivity contribution in [3.8, 4) is 0 Å². The summed E-state index contributed by atoms with van der Waals surface area (Å²) in [6, 6.07) is 13.3. The van der Waals surface area contributed by atoms with Crippen LogP contribution in [0.1, 0.15) is 28.4 Å². The van der Waals surface area contributed by atoms with Crippen LogP contribution in [0, 0.1) is 0 Å². The van der Waals surface area contributed by atoms with Gasteiger partial charge in [-0.3, -0.25) is 4.79 Å². The molecular formula is C22H22N2O3S. The van der Waals surface area contributed by atoms with Gasteiger partial charge in [-0.1, -0.05) is 48.6 Å². The molecule has 1 aromatic heterocycles. The molecule has 0 aliphatic rings. The molecule has 0 fully saturated rings. The molecule has 1 amide bonds. The zero-order chi connectivity index (χ0) is 20.1. The molecule has 0 N–H and O–H groups in total. The highest BCUT2D eigenvalue weighted by Crippen LogP contribution is 2.20. The Hall–Kier alpha value is -2.99. The smallest absolute Gasteiger partial charge is 0.337 e.